The molecule has 0 saturated carbocycles. The van der Waals surface area contributed by atoms with Gasteiger partial charge in [-0.25, -0.2) is 0 Å². The Bertz CT molecular complexity index is 776. The van der Waals surface area contributed by atoms with Gasteiger partial charge in [0, 0.05) is 46.6 Å². The quantitative estimate of drug-likeness (QED) is 0.865. The van der Waals surface area contributed by atoms with Gasteiger partial charge < -0.3 is 16.0 Å². The van der Waals surface area contributed by atoms with Crippen LogP contribution in [0.2, 0.25) is 0 Å². The summed E-state index contributed by atoms with van der Waals surface area (Å²) in [6.45, 7) is 1.69. The number of carbonyl (C=O) groups is 2. The van der Waals surface area contributed by atoms with E-state index < -0.39 is 0 Å². The van der Waals surface area contributed by atoms with Crippen molar-refractivity contribution in [3.05, 3.63) is 41.0 Å². The number of allylic oxidation sites excluding steroid dienone is 3. The third-order valence-electron chi connectivity index (χ3n) is 4.80. The topological polar surface area (TPSA) is 75.4 Å². The molecular formula is C18H19N3O2S. The highest BCUT2D eigenvalue weighted by Gasteiger charge is 2.25. The van der Waals surface area contributed by atoms with Gasteiger partial charge in [-0.15, -0.1) is 0 Å². The van der Waals surface area contributed by atoms with E-state index in [-0.39, 0.29) is 17.6 Å². The molecule has 5 nitrogen and oxygen atoms in total. The zero-order valence-electron chi connectivity index (χ0n) is 13.2. The molecule has 124 valence electrons. The van der Waals surface area contributed by atoms with Gasteiger partial charge in [-0.3, -0.25) is 9.59 Å². The van der Waals surface area contributed by atoms with E-state index >= 15 is 0 Å². The molecule has 1 saturated heterocycles. The summed E-state index contributed by atoms with van der Waals surface area (Å²) < 4.78 is 0. The number of piperidine rings is 1. The molecule has 0 bridgehead atoms. The van der Waals surface area contributed by atoms with Crippen LogP contribution >= 0.6 is 11.8 Å². The fourth-order valence-electron chi connectivity index (χ4n) is 3.38. The molecule has 0 aromatic heterocycles. The third-order valence-corrected chi connectivity index (χ3v) is 5.97. The maximum atomic E-state index is 11.6. The summed E-state index contributed by atoms with van der Waals surface area (Å²) in [4.78, 5) is 27.5. The fourth-order valence-corrected chi connectivity index (χ4v) is 4.50. The number of anilines is 2. The van der Waals surface area contributed by atoms with Crippen molar-refractivity contribution in [2.75, 3.05) is 23.3 Å². The van der Waals surface area contributed by atoms with E-state index in [0.29, 0.717) is 6.42 Å². The number of thioether (sulfide) groups is 1. The molecule has 1 aromatic carbocycles. The molecule has 2 heterocycles. The number of primary amides is 1. The zero-order chi connectivity index (χ0) is 16.7. The fraction of sp³-hybridized carbons (Fsp3) is 0.333. The monoisotopic (exact) mass is 341 g/mol. The van der Waals surface area contributed by atoms with Crippen molar-refractivity contribution < 1.29 is 9.59 Å². The molecule has 0 radical (unpaired) electrons. The number of fused-ring (bicyclic) bond motifs is 1. The van der Waals surface area contributed by atoms with Crippen LogP contribution in [0.15, 0.2) is 45.8 Å². The van der Waals surface area contributed by atoms with Gasteiger partial charge in [-0.2, -0.15) is 0 Å². The first-order valence-electron chi connectivity index (χ1n) is 8.17. The van der Waals surface area contributed by atoms with Crippen LogP contribution in [0.4, 0.5) is 11.4 Å². The Morgan fingerprint density at radius 2 is 2.04 bits per heavy atom. The predicted octanol–water partition coefficient (Wildman–Crippen LogP) is 2.65. The van der Waals surface area contributed by atoms with Crippen molar-refractivity contribution in [2.45, 2.75) is 24.2 Å². The van der Waals surface area contributed by atoms with Gasteiger partial charge in [0.15, 0.2) is 5.78 Å². The smallest absolute Gasteiger partial charge is 0.220 e. The number of nitrogens with zero attached hydrogens (tertiary/aromatic N) is 1. The Morgan fingerprint density at radius 1 is 1.25 bits per heavy atom. The number of benzene rings is 1. The normalized spacial score (nSPS) is 20.5. The molecule has 4 rings (SSSR count). The minimum atomic E-state index is -0.186. The second-order valence-corrected chi connectivity index (χ2v) is 7.52. The Kier molecular flexibility index (Phi) is 3.84. The summed E-state index contributed by atoms with van der Waals surface area (Å²) in [7, 11) is 0. The number of hydrogen-bond donors (Lipinski definition) is 2. The molecule has 0 atom stereocenters. The summed E-state index contributed by atoms with van der Waals surface area (Å²) in [5.74, 6) is -0.0341. The van der Waals surface area contributed by atoms with Gasteiger partial charge >= 0.3 is 0 Å². The van der Waals surface area contributed by atoms with Crippen molar-refractivity contribution in [2.24, 2.45) is 11.7 Å². The van der Waals surface area contributed by atoms with Crippen molar-refractivity contribution in [3.63, 3.8) is 0 Å². The van der Waals surface area contributed by atoms with Crippen LogP contribution in [0.25, 0.3) is 0 Å². The summed E-state index contributed by atoms with van der Waals surface area (Å²) in [5.41, 5.74) is 8.68. The van der Waals surface area contributed by atoms with Crippen LogP contribution < -0.4 is 16.0 Å². The van der Waals surface area contributed by atoms with Crippen LogP contribution in [-0.2, 0) is 9.59 Å². The highest BCUT2D eigenvalue weighted by molar-refractivity contribution is 8.03. The lowest BCUT2D eigenvalue weighted by Crippen LogP contribution is -2.38. The molecule has 1 aromatic rings. The maximum absolute atomic E-state index is 11.6. The Hall–Kier alpha value is -2.21. The number of rotatable bonds is 2. The van der Waals surface area contributed by atoms with Gasteiger partial charge in [0.2, 0.25) is 5.91 Å². The number of nitrogens with one attached hydrogen (secondary N) is 1. The minimum Gasteiger partial charge on any atom is -0.371 e. The van der Waals surface area contributed by atoms with Crippen LogP contribution in [0, 0.1) is 5.92 Å². The highest BCUT2D eigenvalue weighted by Crippen LogP contribution is 2.44. The molecule has 3 N–H and O–H groups in total. The molecule has 0 spiro atoms. The summed E-state index contributed by atoms with van der Waals surface area (Å²) in [5, 5.41) is 3.41. The lowest BCUT2D eigenvalue weighted by atomic mass is 9.96. The Labute approximate surface area is 145 Å². The van der Waals surface area contributed by atoms with Crippen molar-refractivity contribution >= 4 is 34.8 Å². The maximum Gasteiger partial charge on any atom is 0.220 e. The van der Waals surface area contributed by atoms with E-state index in [0.717, 1.165) is 52.8 Å². The average Bonchev–Trinajstić information content (AvgIpc) is 2.59. The van der Waals surface area contributed by atoms with Gasteiger partial charge in [0.1, 0.15) is 0 Å². The molecule has 24 heavy (non-hydrogen) atoms. The number of hydrogen-bond acceptors (Lipinski definition) is 5. The number of carbonyl (C=O) groups excluding carboxylic acids is 2. The third kappa shape index (κ3) is 2.82. The van der Waals surface area contributed by atoms with E-state index in [4.69, 9.17) is 5.73 Å². The van der Waals surface area contributed by atoms with E-state index in [2.05, 4.69) is 28.4 Å². The second-order valence-electron chi connectivity index (χ2n) is 6.38. The van der Waals surface area contributed by atoms with Gasteiger partial charge in [0.05, 0.1) is 5.69 Å². The molecule has 0 unspecified atom stereocenters. The van der Waals surface area contributed by atoms with Gasteiger partial charge in [-0.1, -0.05) is 11.8 Å². The van der Waals surface area contributed by atoms with E-state index in [1.54, 1.807) is 17.8 Å². The highest BCUT2D eigenvalue weighted by atomic mass is 32.2. The second kappa shape index (κ2) is 6.02. The predicted molar refractivity (Wildman–Crippen MR) is 95.8 cm³/mol. The van der Waals surface area contributed by atoms with Crippen LogP contribution in [-0.4, -0.2) is 24.8 Å². The van der Waals surface area contributed by atoms with Gasteiger partial charge in [-0.05, 0) is 43.2 Å². The molecule has 1 aliphatic carbocycles. The van der Waals surface area contributed by atoms with E-state index in [1.807, 2.05) is 6.08 Å². The first kappa shape index (κ1) is 15.3. The summed E-state index contributed by atoms with van der Waals surface area (Å²) in [6.07, 6.45) is 5.59. The standard InChI is InChI=1S/C18H19N3O2S/c19-18(23)11-5-7-21(8-6-11)12-1-3-14-16(9-12)24-17-10-13(22)2-4-15(17)20-14/h1-4,9,11,20H,5-8,10H2,(H2,19,23). The molecule has 6 heteroatoms. The largest absolute Gasteiger partial charge is 0.371 e. The van der Waals surface area contributed by atoms with Crippen molar-refractivity contribution in [3.8, 4) is 0 Å². The average molecular weight is 341 g/mol. The zero-order valence-corrected chi connectivity index (χ0v) is 14.1. The van der Waals surface area contributed by atoms with E-state index in [1.165, 1.54) is 0 Å². The molecule has 2 aliphatic heterocycles. The van der Waals surface area contributed by atoms with Crippen LogP contribution in [0.1, 0.15) is 19.3 Å². The first-order valence-corrected chi connectivity index (χ1v) is 8.99. The molecule has 1 fully saturated rings. The van der Waals surface area contributed by atoms with Crippen molar-refractivity contribution in [1.29, 1.82) is 0 Å². The lowest BCUT2D eigenvalue weighted by molar-refractivity contribution is -0.122. The number of ketones is 1. The first-order chi connectivity index (χ1) is 11.6. The molecular weight excluding hydrogens is 322 g/mol. The van der Waals surface area contributed by atoms with Crippen LogP contribution in [0.5, 0.6) is 0 Å². The number of nitrogens with two attached hydrogens (primary N) is 1. The lowest BCUT2D eigenvalue weighted by Gasteiger charge is -2.33. The number of amides is 1. The molecule has 1 amide bonds. The summed E-state index contributed by atoms with van der Waals surface area (Å²) >= 11 is 1.67. The Balaban J connectivity index is 1.52. The Morgan fingerprint density at radius 3 is 2.79 bits per heavy atom. The minimum absolute atomic E-state index is 0.00247. The van der Waals surface area contributed by atoms with Gasteiger partial charge in [0.25, 0.3) is 0 Å². The van der Waals surface area contributed by atoms with E-state index in [9.17, 15) is 9.59 Å². The molecule has 3 aliphatic rings. The van der Waals surface area contributed by atoms with Crippen LogP contribution in [0.3, 0.4) is 0 Å². The van der Waals surface area contributed by atoms with Crippen molar-refractivity contribution in [1.82, 2.24) is 0 Å². The summed E-state index contributed by atoms with van der Waals surface area (Å²) in [6, 6.07) is 6.37. The SMILES string of the molecule is NC(=O)C1CCN(c2ccc3c(c2)SC2=C(C=CC(=O)C2)N3)CC1.